The monoisotopic (exact) mass is 355 g/mol. The summed E-state index contributed by atoms with van der Waals surface area (Å²) >= 11 is 6.00. The van der Waals surface area contributed by atoms with Crippen LogP contribution in [0.15, 0.2) is 36.4 Å². The van der Waals surface area contributed by atoms with Gasteiger partial charge in [-0.2, -0.15) is 0 Å². The van der Waals surface area contributed by atoms with Crippen LogP contribution in [0, 0.1) is 0 Å². The number of para-hydroxylation sites is 1. The highest BCUT2D eigenvalue weighted by molar-refractivity contribution is 6.35. The number of imide groups is 1. The van der Waals surface area contributed by atoms with Gasteiger partial charge in [0.15, 0.2) is 0 Å². The first-order chi connectivity index (χ1) is 11.9. The fourth-order valence-corrected chi connectivity index (χ4v) is 3.66. The van der Waals surface area contributed by atoms with Crippen LogP contribution < -0.4 is 4.90 Å². The quantitative estimate of drug-likeness (QED) is 0.538. The molecular formula is C21H22ClNO2. The molecule has 0 spiro atoms. The van der Waals surface area contributed by atoms with Crippen LogP contribution in [0.1, 0.15) is 76.9 Å². The van der Waals surface area contributed by atoms with Crippen molar-refractivity contribution >= 4 is 29.1 Å². The number of hydrogen-bond acceptors (Lipinski definition) is 2. The third-order valence-corrected chi connectivity index (χ3v) is 5.00. The molecule has 0 unspecified atom stereocenters. The maximum atomic E-state index is 13.2. The van der Waals surface area contributed by atoms with Crippen molar-refractivity contribution in [1.29, 1.82) is 0 Å². The fraction of sp³-hybridized carbons (Fsp3) is 0.333. The molecule has 0 aromatic heterocycles. The topological polar surface area (TPSA) is 37.4 Å². The van der Waals surface area contributed by atoms with Gasteiger partial charge < -0.3 is 0 Å². The van der Waals surface area contributed by atoms with E-state index in [9.17, 15) is 9.59 Å². The highest BCUT2D eigenvalue weighted by Crippen LogP contribution is 2.40. The number of fused-ring (bicyclic) bond motifs is 1. The Morgan fingerprint density at radius 2 is 1.44 bits per heavy atom. The van der Waals surface area contributed by atoms with Gasteiger partial charge in [-0.3, -0.25) is 9.59 Å². The maximum Gasteiger partial charge on any atom is 0.266 e. The second-order valence-electron chi connectivity index (χ2n) is 7.01. The lowest BCUT2D eigenvalue weighted by atomic mass is 9.92. The predicted molar refractivity (Wildman–Crippen MR) is 102 cm³/mol. The zero-order valence-corrected chi connectivity index (χ0v) is 15.7. The lowest BCUT2D eigenvalue weighted by Gasteiger charge is -2.25. The van der Waals surface area contributed by atoms with E-state index in [0.717, 1.165) is 16.8 Å². The third kappa shape index (κ3) is 2.77. The summed E-state index contributed by atoms with van der Waals surface area (Å²) in [6.07, 6.45) is 0. The normalized spacial score (nSPS) is 14.0. The number of benzene rings is 2. The molecule has 1 aliphatic heterocycles. The molecule has 2 aromatic rings. The van der Waals surface area contributed by atoms with E-state index in [0.29, 0.717) is 16.7 Å². The maximum absolute atomic E-state index is 13.2. The van der Waals surface area contributed by atoms with Crippen LogP contribution in [-0.4, -0.2) is 11.8 Å². The van der Waals surface area contributed by atoms with Crippen molar-refractivity contribution in [2.45, 2.75) is 45.4 Å². The largest absolute Gasteiger partial charge is 0.268 e. The Labute approximate surface area is 153 Å². The van der Waals surface area contributed by atoms with Crippen LogP contribution in [0.3, 0.4) is 0 Å². The Bertz CT molecular complexity index is 829. The molecule has 1 heterocycles. The molecule has 1 aliphatic rings. The summed E-state index contributed by atoms with van der Waals surface area (Å²) in [5.41, 5.74) is 4.33. The molecule has 0 radical (unpaired) electrons. The fourth-order valence-electron chi connectivity index (χ4n) is 3.44. The molecule has 3 nitrogen and oxygen atoms in total. The van der Waals surface area contributed by atoms with Crippen molar-refractivity contribution in [2.24, 2.45) is 0 Å². The van der Waals surface area contributed by atoms with E-state index < -0.39 is 0 Å². The van der Waals surface area contributed by atoms with Crippen molar-refractivity contribution in [3.05, 3.63) is 64.2 Å². The van der Waals surface area contributed by atoms with Crippen LogP contribution in [0.2, 0.25) is 0 Å². The molecule has 2 aromatic carbocycles. The summed E-state index contributed by atoms with van der Waals surface area (Å²) in [6.45, 7) is 8.30. The third-order valence-electron chi connectivity index (χ3n) is 4.71. The number of carbonyl (C=O) groups excluding carboxylic acids is 2. The van der Waals surface area contributed by atoms with Crippen molar-refractivity contribution < 1.29 is 9.59 Å². The Balaban J connectivity index is 2.25. The summed E-state index contributed by atoms with van der Waals surface area (Å²) < 4.78 is 0. The molecule has 0 bridgehead atoms. The highest BCUT2D eigenvalue weighted by Gasteiger charge is 2.40. The average Bonchev–Trinajstić information content (AvgIpc) is 2.85. The Hall–Kier alpha value is -2.13. The minimum absolute atomic E-state index is 0.200. The second kappa shape index (κ2) is 6.64. The summed E-state index contributed by atoms with van der Waals surface area (Å²) in [5, 5.41) is 0. The number of alkyl halides is 1. The summed E-state index contributed by atoms with van der Waals surface area (Å²) in [7, 11) is 0. The van der Waals surface area contributed by atoms with E-state index in [4.69, 9.17) is 11.6 Å². The standard InChI is InChI=1S/C21H22ClNO2/c1-12(2)15-8-6-9-16(13(3)4)19(15)23-20(24)17-10-5-7-14(11-22)18(17)21(23)25/h5-10,12-13H,11H2,1-4H3. The molecule has 0 N–H and O–H groups in total. The molecule has 130 valence electrons. The zero-order valence-electron chi connectivity index (χ0n) is 15.0. The van der Waals surface area contributed by atoms with Crippen molar-refractivity contribution in [3.8, 4) is 0 Å². The van der Waals surface area contributed by atoms with E-state index in [2.05, 4.69) is 27.7 Å². The first-order valence-electron chi connectivity index (χ1n) is 8.57. The van der Waals surface area contributed by atoms with Gasteiger partial charge in [0.05, 0.1) is 16.8 Å². The SMILES string of the molecule is CC(C)c1cccc(C(C)C)c1N1C(=O)c2cccc(CCl)c2C1=O. The average molecular weight is 356 g/mol. The highest BCUT2D eigenvalue weighted by atomic mass is 35.5. The first kappa shape index (κ1) is 17.7. The van der Waals surface area contributed by atoms with Crippen molar-refractivity contribution in [1.82, 2.24) is 0 Å². The molecule has 0 saturated carbocycles. The van der Waals surface area contributed by atoms with Gasteiger partial charge in [0.2, 0.25) is 0 Å². The second-order valence-corrected chi connectivity index (χ2v) is 7.28. The molecule has 2 amide bonds. The number of anilines is 1. The summed E-state index contributed by atoms with van der Waals surface area (Å²) in [4.78, 5) is 27.6. The number of halogens is 1. The van der Waals surface area contributed by atoms with Gasteiger partial charge in [-0.05, 0) is 34.6 Å². The van der Waals surface area contributed by atoms with Gasteiger partial charge in [-0.15, -0.1) is 11.6 Å². The van der Waals surface area contributed by atoms with Crippen LogP contribution in [0.5, 0.6) is 0 Å². The molecule has 4 heteroatoms. The van der Waals surface area contributed by atoms with Gasteiger partial charge >= 0.3 is 0 Å². The van der Waals surface area contributed by atoms with Crippen molar-refractivity contribution in [2.75, 3.05) is 4.90 Å². The summed E-state index contributed by atoms with van der Waals surface area (Å²) in [6, 6.07) is 11.3. The molecule has 25 heavy (non-hydrogen) atoms. The van der Waals surface area contributed by atoms with Gasteiger partial charge in [0, 0.05) is 5.88 Å². The first-order valence-corrected chi connectivity index (χ1v) is 9.11. The lowest BCUT2D eigenvalue weighted by Crippen LogP contribution is -2.32. The van der Waals surface area contributed by atoms with E-state index in [1.807, 2.05) is 18.2 Å². The lowest BCUT2D eigenvalue weighted by molar-refractivity contribution is 0.0925. The number of rotatable bonds is 4. The van der Waals surface area contributed by atoms with Crippen LogP contribution in [0.25, 0.3) is 0 Å². The van der Waals surface area contributed by atoms with Crippen molar-refractivity contribution in [3.63, 3.8) is 0 Å². The number of carbonyl (C=O) groups is 2. The number of nitrogens with zero attached hydrogens (tertiary/aromatic N) is 1. The minimum Gasteiger partial charge on any atom is -0.268 e. The van der Waals surface area contributed by atoms with Gasteiger partial charge in [-0.25, -0.2) is 4.90 Å². The van der Waals surface area contributed by atoms with Gasteiger partial charge in [0.25, 0.3) is 11.8 Å². The van der Waals surface area contributed by atoms with E-state index in [-0.39, 0.29) is 29.5 Å². The minimum atomic E-state index is -0.272. The molecule has 0 fully saturated rings. The smallest absolute Gasteiger partial charge is 0.266 e. The van der Waals surface area contributed by atoms with Crippen LogP contribution >= 0.6 is 11.6 Å². The Kier molecular flexibility index (Phi) is 4.70. The Morgan fingerprint density at radius 1 is 0.880 bits per heavy atom. The Morgan fingerprint density at radius 3 is 1.96 bits per heavy atom. The zero-order chi connectivity index (χ0) is 18.3. The predicted octanol–water partition coefficient (Wildman–Crippen LogP) is 5.47. The van der Waals surface area contributed by atoms with E-state index in [1.165, 1.54) is 4.90 Å². The molecule has 0 aliphatic carbocycles. The molecular weight excluding hydrogens is 334 g/mol. The van der Waals surface area contributed by atoms with Gasteiger partial charge in [-0.1, -0.05) is 58.0 Å². The van der Waals surface area contributed by atoms with Gasteiger partial charge in [0.1, 0.15) is 0 Å². The van der Waals surface area contributed by atoms with Crippen LogP contribution in [0.4, 0.5) is 5.69 Å². The van der Waals surface area contributed by atoms with Crippen LogP contribution in [-0.2, 0) is 5.88 Å². The summed E-state index contributed by atoms with van der Waals surface area (Å²) in [5.74, 6) is 0.0723. The molecule has 0 atom stereocenters. The number of hydrogen-bond donors (Lipinski definition) is 0. The van der Waals surface area contributed by atoms with E-state index >= 15 is 0 Å². The number of amides is 2. The molecule has 0 saturated heterocycles. The van der Waals surface area contributed by atoms with E-state index in [1.54, 1.807) is 18.2 Å². The molecule has 3 rings (SSSR count).